The maximum Gasteiger partial charge on any atom is 0.417 e. The number of hydrogen-bond donors (Lipinski definition) is 2. The molecule has 1 aliphatic carbocycles. The number of rotatable bonds is 5. The van der Waals surface area contributed by atoms with Crippen LogP contribution in [0, 0.1) is 5.92 Å². The number of fused-ring (bicyclic) bond motifs is 1. The van der Waals surface area contributed by atoms with Crippen molar-refractivity contribution < 1.29 is 22.7 Å². The summed E-state index contributed by atoms with van der Waals surface area (Å²) < 4.78 is 44.8. The average Bonchev–Trinajstić information content (AvgIpc) is 3.27. The van der Waals surface area contributed by atoms with Crippen molar-refractivity contribution in [3.05, 3.63) is 64.2 Å². The fourth-order valence-electron chi connectivity index (χ4n) is 4.44. The number of amides is 1. The highest BCUT2D eigenvalue weighted by molar-refractivity contribution is 6.34. The molecule has 29 heavy (non-hydrogen) atoms. The van der Waals surface area contributed by atoms with Crippen LogP contribution in [0.2, 0.25) is 5.02 Å². The van der Waals surface area contributed by atoms with E-state index in [-0.39, 0.29) is 11.1 Å². The third-order valence-electron chi connectivity index (χ3n) is 5.85. The van der Waals surface area contributed by atoms with E-state index >= 15 is 0 Å². The lowest BCUT2D eigenvalue weighted by Gasteiger charge is -2.44. The molecule has 2 bridgehead atoms. The van der Waals surface area contributed by atoms with Gasteiger partial charge in [0.2, 0.25) is 0 Å². The zero-order valence-electron chi connectivity index (χ0n) is 15.6. The molecule has 0 radical (unpaired) electrons. The molecule has 4 nitrogen and oxygen atoms in total. The van der Waals surface area contributed by atoms with E-state index in [0.29, 0.717) is 11.7 Å². The van der Waals surface area contributed by atoms with Crippen LogP contribution in [0.3, 0.4) is 0 Å². The zero-order chi connectivity index (χ0) is 20.8. The van der Waals surface area contributed by atoms with E-state index < -0.39 is 28.7 Å². The molecule has 3 aliphatic rings. The van der Waals surface area contributed by atoms with Gasteiger partial charge in [-0.05, 0) is 55.1 Å². The molecule has 2 saturated heterocycles. The highest BCUT2D eigenvalue weighted by Gasteiger charge is 2.55. The van der Waals surface area contributed by atoms with E-state index in [2.05, 4.69) is 10.6 Å². The van der Waals surface area contributed by atoms with E-state index in [0.717, 1.165) is 31.0 Å². The Balaban J connectivity index is 1.68. The lowest BCUT2D eigenvalue weighted by atomic mass is 9.67. The molecule has 154 valence electrons. The van der Waals surface area contributed by atoms with Gasteiger partial charge in [-0.3, -0.25) is 4.79 Å². The van der Waals surface area contributed by atoms with E-state index in [1.54, 1.807) is 13.2 Å². The predicted molar refractivity (Wildman–Crippen MR) is 103 cm³/mol. The molecule has 0 aromatic heterocycles. The molecular formula is C21H20ClF3N2O2. The summed E-state index contributed by atoms with van der Waals surface area (Å²) in [6, 6.07) is 10.3. The average molecular weight is 425 g/mol. The summed E-state index contributed by atoms with van der Waals surface area (Å²) in [5.74, 6) is 0.557. The van der Waals surface area contributed by atoms with Crippen LogP contribution in [0.4, 0.5) is 13.2 Å². The Hall–Kier alpha value is -2.25. The normalized spacial score (nSPS) is 24.0. The van der Waals surface area contributed by atoms with Crippen LogP contribution < -0.4 is 15.4 Å². The van der Waals surface area contributed by atoms with Crippen LogP contribution in [-0.2, 0) is 6.18 Å². The Morgan fingerprint density at radius 3 is 2.62 bits per heavy atom. The number of hydrogen-bond acceptors (Lipinski definition) is 3. The summed E-state index contributed by atoms with van der Waals surface area (Å²) in [5, 5.41) is 5.82. The van der Waals surface area contributed by atoms with Crippen molar-refractivity contribution in [2.75, 3.05) is 13.7 Å². The third-order valence-corrected chi connectivity index (χ3v) is 6.26. The van der Waals surface area contributed by atoms with Gasteiger partial charge in [0.25, 0.3) is 5.91 Å². The van der Waals surface area contributed by atoms with Crippen molar-refractivity contribution in [1.82, 2.24) is 10.6 Å². The number of ether oxygens (including phenoxy) is 1. The second kappa shape index (κ2) is 7.22. The molecule has 5 rings (SSSR count). The number of carbonyl (C=O) groups is 1. The largest absolute Gasteiger partial charge is 0.497 e. The molecule has 2 aromatic rings. The third kappa shape index (κ3) is 3.57. The van der Waals surface area contributed by atoms with Crippen LogP contribution in [0.1, 0.15) is 40.4 Å². The van der Waals surface area contributed by atoms with E-state index in [4.69, 9.17) is 16.3 Å². The van der Waals surface area contributed by atoms with Gasteiger partial charge in [-0.1, -0.05) is 29.8 Å². The topological polar surface area (TPSA) is 50.4 Å². The molecule has 3 fully saturated rings. The number of carbonyl (C=O) groups excluding carboxylic acids is 1. The molecule has 1 amide bonds. The maximum atomic E-state index is 13.2. The quantitative estimate of drug-likeness (QED) is 0.738. The fraction of sp³-hybridized carbons (Fsp3) is 0.381. The summed E-state index contributed by atoms with van der Waals surface area (Å²) in [5.41, 5.74) is -0.709. The first-order valence-corrected chi connectivity index (χ1v) is 9.67. The molecule has 1 unspecified atom stereocenters. The fourth-order valence-corrected chi connectivity index (χ4v) is 4.76. The SMILES string of the molecule is COc1cccc(C(NC(=O)c2cccc(C(F)(F)F)c2Cl)C23CC(CN2)C3)c1. The monoisotopic (exact) mass is 424 g/mol. The molecule has 2 N–H and O–H groups in total. The second-order valence-electron chi connectivity index (χ2n) is 7.66. The van der Waals surface area contributed by atoms with Crippen LogP contribution in [-0.4, -0.2) is 25.1 Å². The molecule has 2 aromatic carbocycles. The number of halogens is 4. The van der Waals surface area contributed by atoms with Crippen LogP contribution in [0.15, 0.2) is 42.5 Å². The smallest absolute Gasteiger partial charge is 0.417 e. The first-order chi connectivity index (χ1) is 13.7. The summed E-state index contributed by atoms with van der Waals surface area (Å²) in [6.07, 6.45) is -2.84. The molecule has 1 atom stereocenters. The number of alkyl halides is 3. The number of methoxy groups -OCH3 is 1. The predicted octanol–water partition coefficient (Wildman–Crippen LogP) is 4.59. The van der Waals surface area contributed by atoms with Crippen molar-refractivity contribution in [3.63, 3.8) is 0 Å². The van der Waals surface area contributed by atoms with Crippen LogP contribution >= 0.6 is 11.6 Å². The molecular weight excluding hydrogens is 405 g/mol. The molecule has 0 spiro atoms. The Labute approximate surface area is 171 Å². The Morgan fingerprint density at radius 1 is 1.28 bits per heavy atom. The highest BCUT2D eigenvalue weighted by Crippen LogP contribution is 2.51. The van der Waals surface area contributed by atoms with Gasteiger partial charge in [0, 0.05) is 5.54 Å². The van der Waals surface area contributed by atoms with Gasteiger partial charge in [0.1, 0.15) is 5.75 Å². The van der Waals surface area contributed by atoms with E-state index in [9.17, 15) is 18.0 Å². The van der Waals surface area contributed by atoms with Crippen molar-refractivity contribution >= 4 is 17.5 Å². The minimum absolute atomic E-state index is 0.195. The molecule has 2 aliphatic heterocycles. The first kappa shape index (κ1) is 20.0. The summed E-state index contributed by atoms with van der Waals surface area (Å²) in [4.78, 5) is 13.0. The minimum atomic E-state index is -4.63. The van der Waals surface area contributed by atoms with Gasteiger partial charge in [0.05, 0.1) is 29.3 Å². The lowest BCUT2D eigenvalue weighted by molar-refractivity contribution is -0.137. The molecule has 8 heteroatoms. The van der Waals surface area contributed by atoms with Crippen molar-refractivity contribution in [2.45, 2.75) is 30.6 Å². The van der Waals surface area contributed by atoms with Gasteiger partial charge < -0.3 is 15.4 Å². The summed E-state index contributed by atoms with van der Waals surface area (Å²) >= 11 is 5.95. The van der Waals surface area contributed by atoms with Crippen molar-refractivity contribution in [3.8, 4) is 5.75 Å². The van der Waals surface area contributed by atoms with Gasteiger partial charge in [-0.2, -0.15) is 13.2 Å². The lowest BCUT2D eigenvalue weighted by Crippen LogP contribution is -2.54. The summed E-state index contributed by atoms with van der Waals surface area (Å²) in [6.45, 7) is 0.862. The van der Waals surface area contributed by atoms with E-state index in [1.165, 1.54) is 12.1 Å². The summed E-state index contributed by atoms with van der Waals surface area (Å²) in [7, 11) is 1.56. The van der Waals surface area contributed by atoms with Crippen molar-refractivity contribution in [1.29, 1.82) is 0 Å². The molecule has 1 saturated carbocycles. The molecule has 2 heterocycles. The maximum absolute atomic E-state index is 13.2. The van der Waals surface area contributed by atoms with E-state index in [1.807, 2.05) is 18.2 Å². The first-order valence-electron chi connectivity index (χ1n) is 9.29. The van der Waals surface area contributed by atoms with Gasteiger partial charge in [-0.15, -0.1) is 0 Å². The highest BCUT2D eigenvalue weighted by atomic mass is 35.5. The van der Waals surface area contributed by atoms with Gasteiger partial charge >= 0.3 is 6.18 Å². The van der Waals surface area contributed by atoms with Gasteiger partial charge in [-0.25, -0.2) is 0 Å². The Morgan fingerprint density at radius 2 is 2.00 bits per heavy atom. The standard InChI is InChI=1S/C21H20ClF3N2O2/c1-29-14-5-2-4-13(8-14)18(20-9-12(10-20)11-26-20)27-19(28)15-6-3-7-16(17(15)22)21(23,24)25/h2-8,12,18,26H,9-11H2,1H3,(H,27,28). The Kier molecular flexibility index (Phi) is 4.99. The Bertz CT molecular complexity index is 936. The van der Waals surface area contributed by atoms with Crippen LogP contribution in [0.25, 0.3) is 0 Å². The minimum Gasteiger partial charge on any atom is -0.497 e. The number of nitrogens with one attached hydrogen (secondary N) is 2. The van der Waals surface area contributed by atoms with Crippen molar-refractivity contribution in [2.24, 2.45) is 5.92 Å². The van der Waals surface area contributed by atoms with Crippen LogP contribution in [0.5, 0.6) is 5.75 Å². The number of benzene rings is 2. The zero-order valence-corrected chi connectivity index (χ0v) is 16.4. The van der Waals surface area contributed by atoms with Gasteiger partial charge in [0.15, 0.2) is 0 Å². The second-order valence-corrected chi connectivity index (χ2v) is 8.04.